The van der Waals surface area contributed by atoms with Crippen LogP contribution in [0.3, 0.4) is 0 Å². The first-order chi connectivity index (χ1) is 8.17. The van der Waals surface area contributed by atoms with Gasteiger partial charge in [0.05, 0.1) is 17.9 Å². The van der Waals surface area contributed by atoms with Crippen LogP contribution < -0.4 is 16.4 Å². The largest absolute Gasteiger partial charge is 0.324 e. The number of nitrogens with two attached hydrogens (primary N) is 1. The first kappa shape index (κ1) is 13.2. The van der Waals surface area contributed by atoms with Crippen LogP contribution >= 0.6 is 0 Å². The lowest BCUT2D eigenvalue weighted by atomic mass is 10.2. The van der Waals surface area contributed by atoms with E-state index in [4.69, 9.17) is 5.73 Å². The van der Waals surface area contributed by atoms with E-state index in [0.717, 1.165) is 6.42 Å². The molecule has 2 amide bonds. The maximum atomic E-state index is 11.5. The Balaban J connectivity index is 2.77. The van der Waals surface area contributed by atoms with Crippen molar-refractivity contribution in [3.05, 3.63) is 24.3 Å². The van der Waals surface area contributed by atoms with Crippen LogP contribution in [0.2, 0.25) is 0 Å². The van der Waals surface area contributed by atoms with Gasteiger partial charge in [0.25, 0.3) is 0 Å². The highest BCUT2D eigenvalue weighted by molar-refractivity contribution is 5.99. The summed E-state index contributed by atoms with van der Waals surface area (Å²) in [4.78, 5) is 22.7. The molecule has 1 aromatic carbocycles. The number of amides is 2. The summed E-state index contributed by atoms with van der Waals surface area (Å²) in [5, 5.41) is 5.38. The van der Waals surface area contributed by atoms with Crippen LogP contribution in [0.1, 0.15) is 19.8 Å². The molecule has 92 valence electrons. The highest BCUT2D eigenvalue weighted by atomic mass is 16.2. The molecule has 5 heteroatoms. The minimum absolute atomic E-state index is 0.0676. The zero-order chi connectivity index (χ0) is 12.7. The van der Waals surface area contributed by atoms with E-state index in [1.165, 1.54) is 0 Å². The molecule has 0 aliphatic carbocycles. The zero-order valence-electron chi connectivity index (χ0n) is 9.82. The first-order valence-corrected chi connectivity index (χ1v) is 5.56. The van der Waals surface area contributed by atoms with Crippen LogP contribution in [0.25, 0.3) is 0 Å². The summed E-state index contributed by atoms with van der Waals surface area (Å²) >= 11 is 0. The second-order valence-corrected chi connectivity index (χ2v) is 3.60. The summed E-state index contributed by atoms with van der Waals surface area (Å²) in [5.74, 6) is -0.357. The van der Waals surface area contributed by atoms with Crippen molar-refractivity contribution in [2.75, 3.05) is 17.2 Å². The van der Waals surface area contributed by atoms with E-state index in [1.54, 1.807) is 24.3 Å². The molecule has 0 aliphatic heterocycles. The van der Waals surface area contributed by atoms with Crippen molar-refractivity contribution in [3.8, 4) is 0 Å². The predicted octanol–water partition coefficient (Wildman–Crippen LogP) is 1.32. The number of para-hydroxylation sites is 2. The Hall–Kier alpha value is -1.88. The van der Waals surface area contributed by atoms with Crippen LogP contribution in [0.15, 0.2) is 24.3 Å². The summed E-state index contributed by atoms with van der Waals surface area (Å²) in [6, 6.07) is 7.02. The minimum atomic E-state index is -0.290. The Kier molecular flexibility index (Phi) is 5.16. The third-order valence-corrected chi connectivity index (χ3v) is 2.14. The quantitative estimate of drug-likeness (QED) is 0.719. The number of hydrogen-bond donors (Lipinski definition) is 3. The average Bonchev–Trinajstić information content (AvgIpc) is 2.31. The van der Waals surface area contributed by atoms with Crippen molar-refractivity contribution in [1.82, 2.24) is 0 Å². The molecule has 0 aromatic heterocycles. The zero-order valence-corrected chi connectivity index (χ0v) is 9.82. The standard InChI is InChI=1S/C12H17N3O2/c1-2-5-11(16)14-9-6-3-4-7-10(9)15-12(17)8-13/h3-4,6-7H,2,5,8,13H2,1H3,(H,14,16)(H,15,17). The van der Waals surface area contributed by atoms with Gasteiger partial charge in [-0.15, -0.1) is 0 Å². The molecule has 0 fully saturated rings. The molecule has 1 aromatic rings. The third-order valence-electron chi connectivity index (χ3n) is 2.14. The molecule has 4 N–H and O–H groups in total. The third kappa shape index (κ3) is 4.24. The highest BCUT2D eigenvalue weighted by Crippen LogP contribution is 2.20. The fraction of sp³-hybridized carbons (Fsp3) is 0.333. The van der Waals surface area contributed by atoms with Crippen LogP contribution in [0.5, 0.6) is 0 Å². The molecule has 5 nitrogen and oxygen atoms in total. The Morgan fingerprint density at radius 2 is 1.65 bits per heavy atom. The van der Waals surface area contributed by atoms with E-state index in [0.29, 0.717) is 17.8 Å². The van der Waals surface area contributed by atoms with Gasteiger partial charge in [-0.1, -0.05) is 19.1 Å². The maximum absolute atomic E-state index is 11.5. The summed E-state index contributed by atoms with van der Waals surface area (Å²) in [6.07, 6.45) is 1.24. The number of nitrogens with one attached hydrogen (secondary N) is 2. The van der Waals surface area contributed by atoms with E-state index >= 15 is 0 Å². The number of carbonyl (C=O) groups excluding carboxylic acids is 2. The lowest BCUT2D eigenvalue weighted by Crippen LogP contribution is -2.23. The summed E-state index contributed by atoms with van der Waals surface area (Å²) in [7, 11) is 0. The van der Waals surface area contributed by atoms with Crippen molar-refractivity contribution < 1.29 is 9.59 Å². The van der Waals surface area contributed by atoms with Crippen molar-refractivity contribution in [2.24, 2.45) is 5.73 Å². The lowest BCUT2D eigenvalue weighted by molar-refractivity contribution is -0.116. The van der Waals surface area contributed by atoms with E-state index in [2.05, 4.69) is 10.6 Å². The Morgan fingerprint density at radius 1 is 1.12 bits per heavy atom. The van der Waals surface area contributed by atoms with E-state index in [9.17, 15) is 9.59 Å². The van der Waals surface area contributed by atoms with Gasteiger partial charge in [-0.05, 0) is 18.6 Å². The number of rotatable bonds is 5. The number of benzene rings is 1. The normalized spacial score (nSPS) is 9.76. The van der Waals surface area contributed by atoms with Crippen molar-refractivity contribution in [3.63, 3.8) is 0 Å². The van der Waals surface area contributed by atoms with Crippen molar-refractivity contribution in [1.29, 1.82) is 0 Å². The van der Waals surface area contributed by atoms with Gasteiger partial charge in [-0.3, -0.25) is 9.59 Å². The fourth-order valence-electron chi connectivity index (χ4n) is 1.34. The molecular weight excluding hydrogens is 218 g/mol. The van der Waals surface area contributed by atoms with E-state index in [-0.39, 0.29) is 18.4 Å². The van der Waals surface area contributed by atoms with E-state index in [1.807, 2.05) is 6.92 Å². The van der Waals surface area contributed by atoms with Crippen LogP contribution in [-0.4, -0.2) is 18.4 Å². The molecule has 0 spiro atoms. The lowest BCUT2D eigenvalue weighted by Gasteiger charge is -2.11. The summed E-state index contributed by atoms with van der Waals surface area (Å²) in [6.45, 7) is 1.85. The van der Waals surface area contributed by atoms with Crippen LogP contribution in [0.4, 0.5) is 11.4 Å². The van der Waals surface area contributed by atoms with Gasteiger partial charge in [0, 0.05) is 6.42 Å². The van der Waals surface area contributed by atoms with Gasteiger partial charge in [0.1, 0.15) is 0 Å². The molecule has 17 heavy (non-hydrogen) atoms. The Morgan fingerprint density at radius 3 is 2.12 bits per heavy atom. The number of hydrogen-bond acceptors (Lipinski definition) is 3. The maximum Gasteiger partial charge on any atom is 0.238 e. The average molecular weight is 235 g/mol. The van der Waals surface area contributed by atoms with Gasteiger partial charge >= 0.3 is 0 Å². The SMILES string of the molecule is CCCC(=O)Nc1ccccc1NC(=O)CN. The molecule has 0 radical (unpaired) electrons. The van der Waals surface area contributed by atoms with Gasteiger partial charge in [0.15, 0.2) is 0 Å². The summed E-state index contributed by atoms with van der Waals surface area (Å²) in [5.41, 5.74) is 6.37. The molecule has 1 rings (SSSR count). The molecular formula is C12H17N3O2. The van der Waals surface area contributed by atoms with Gasteiger partial charge < -0.3 is 16.4 Å². The molecule has 0 bridgehead atoms. The second kappa shape index (κ2) is 6.65. The second-order valence-electron chi connectivity index (χ2n) is 3.60. The predicted molar refractivity (Wildman–Crippen MR) is 67.7 cm³/mol. The van der Waals surface area contributed by atoms with Gasteiger partial charge in [-0.25, -0.2) is 0 Å². The van der Waals surface area contributed by atoms with Gasteiger partial charge in [0.2, 0.25) is 11.8 Å². The van der Waals surface area contributed by atoms with Crippen LogP contribution in [0, 0.1) is 0 Å². The summed E-state index contributed by atoms with van der Waals surface area (Å²) < 4.78 is 0. The topological polar surface area (TPSA) is 84.2 Å². The van der Waals surface area contributed by atoms with Crippen molar-refractivity contribution >= 4 is 23.2 Å². The smallest absolute Gasteiger partial charge is 0.238 e. The molecule has 0 atom stereocenters. The molecule has 0 heterocycles. The molecule has 0 unspecified atom stereocenters. The monoisotopic (exact) mass is 235 g/mol. The number of carbonyl (C=O) groups is 2. The Bertz CT molecular complexity index is 404. The molecule has 0 saturated carbocycles. The molecule has 0 aliphatic rings. The first-order valence-electron chi connectivity index (χ1n) is 5.56. The Labute approximate surface area is 100 Å². The van der Waals surface area contributed by atoms with Crippen molar-refractivity contribution in [2.45, 2.75) is 19.8 Å². The number of anilines is 2. The fourth-order valence-corrected chi connectivity index (χ4v) is 1.34. The van der Waals surface area contributed by atoms with Gasteiger partial charge in [-0.2, -0.15) is 0 Å². The van der Waals surface area contributed by atoms with E-state index < -0.39 is 0 Å². The molecule has 0 saturated heterocycles. The highest BCUT2D eigenvalue weighted by Gasteiger charge is 2.07. The van der Waals surface area contributed by atoms with Crippen LogP contribution in [-0.2, 0) is 9.59 Å². The minimum Gasteiger partial charge on any atom is -0.324 e.